The number of carbonyl (C=O) groups is 1. The van der Waals surface area contributed by atoms with Gasteiger partial charge >= 0.3 is 0 Å². The van der Waals surface area contributed by atoms with Gasteiger partial charge in [-0.05, 0) is 35.9 Å². The third kappa shape index (κ3) is 2.66. The molecule has 20 heavy (non-hydrogen) atoms. The SMILES string of the molecule is O=C(Nc1ccc(O)c(F)c1)c1cc2c(s1)CCSC2. The lowest BCUT2D eigenvalue weighted by Gasteiger charge is -2.08. The minimum atomic E-state index is -0.746. The lowest BCUT2D eigenvalue weighted by Crippen LogP contribution is -2.10. The van der Waals surface area contributed by atoms with E-state index in [4.69, 9.17) is 5.11 Å². The van der Waals surface area contributed by atoms with E-state index in [0.29, 0.717) is 10.6 Å². The number of aromatic hydroxyl groups is 1. The van der Waals surface area contributed by atoms with Gasteiger partial charge in [-0.15, -0.1) is 11.3 Å². The molecule has 0 aliphatic carbocycles. The molecule has 1 amide bonds. The summed E-state index contributed by atoms with van der Waals surface area (Å²) < 4.78 is 13.2. The summed E-state index contributed by atoms with van der Waals surface area (Å²) >= 11 is 3.37. The van der Waals surface area contributed by atoms with Crippen LogP contribution < -0.4 is 5.32 Å². The summed E-state index contributed by atoms with van der Waals surface area (Å²) in [5.41, 5.74) is 1.57. The molecule has 1 aliphatic rings. The molecule has 3 nitrogen and oxygen atoms in total. The average molecular weight is 309 g/mol. The Labute approximate surface area is 123 Å². The van der Waals surface area contributed by atoms with Gasteiger partial charge in [0.15, 0.2) is 11.6 Å². The molecule has 0 spiro atoms. The van der Waals surface area contributed by atoms with Crippen molar-refractivity contribution in [3.63, 3.8) is 0 Å². The van der Waals surface area contributed by atoms with Gasteiger partial charge < -0.3 is 10.4 Å². The van der Waals surface area contributed by atoms with E-state index in [9.17, 15) is 9.18 Å². The van der Waals surface area contributed by atoms with Crippen LogP contribution in [0.25, 0.3) is 0 Å². The van der Waals surface area contributed by atoms with Crippen molar-refractivity contribution in [3.05, 3.63) is 45.4 Å². The normalized spacial score (nSPS) is 13.8. The zero-order chi connectivity index (χ0) is 14.1. The molecule has 2 heterocycles. The van der Waals surface area contributed by atoms with Gasteiger partial charge in [-0.3, -0.25) is 4.79 Å². The van der Waals surface area contributed by atoms with Crippen LogP contribution in [0.1, 0.15) is 20.1 Å². The van der Waals surface area contributed by atoms with E-state index in [1.54, 1.807) is 0 Å². The number of hydrogen-bond donors (Lipinski definition) is 2. The maximum atomic E-state index is 13.2. The molecule has 0 fully saturated rings. The zero-order valence-electron chi connectivity index (χ0n) is 10.5. The van der Waals surface area contributed by atoms with Gasteiger partial charge in [0.2, 0.25) is 0 Å². The Morgan fingerprint density at radius 1 is 1.35 bits per heavy atom. The molecule has 0 radical (unpaired) electrons. The number of carbonyl (C=O) groups excluding carboxylic acids is 1. The number of fused-ring (bicyclic) bond motifs is 1. The Morgan fingerprint density at radius 2 is 2.20 bits per heavy atom. The fourth-order valence-corrected chi connectivity index (χ4v) is 4.30. The third-order valence-electron chi connectivity index (χ3n) is 3.06. The smallest absolute Gasteiger partial charge is 0.265 e. The van der Waals surface area contributed by atoms with Crippen molar-refractivity contribution in [3.8, 4) is 5.75 Å². The standard InChI is InChI=1S/C14H12FNO2S2/c15-10-6-9(1-2-11(10)17)16-14(18)13-5-8-7-19-4-3-12(8)20-13/h1-2,5-6,17H,3-4,7H2,(H,16,18). The van der Waals surface area contributed by atoms with Crippen molar-refractivity contribution in [2.75, 3.05) is 11.1 Å². The number of aryl methyl sites for hydroxylation is 1. The number of thioether (sulfide) groups is 1. The predicted octanol–water partition coefficient (Wildman–Crippen LogP) is 3.63. The van der Waals surface area contributed by atoms with Crippen LogP contribution in [0.4, 0.5) is 10.1 Å². The van der Waals surface area contributed by atoms with Crippen LogP contribution in [0.3, 0.4) is 0 Å². The van der Waals surface area contributed by atoms with E-state index in [0.717, 1.165) is 24.0 Å². The Bertz CT molecular complexity index is 646. The highest BCUT2D eigenvalue weighted by atomic mass is 32.2. The first-order valence-corrected chi connectivity index (χ1v) is 8.10. The van der Waals surface area contributed by atoms with E-state index in [-0.39, 0.29) is 5.91 Å². The number of thiophene rings is 1. The van der Waals surface area contributed by atoms with E-state index in [2.05, 4.69) is 5.32 Å². The Morgan fingerprint density at radius 3 is 2.95 bits per heavy atom. The van der Waals surface area contributed by atoms with Crippen molar-refractivity contribution < 1.29 is 14.3 Å². The van der Waals surface area contributed by atoms with Crippen molar-refractivity contribution >= 4 is 34.7 Å². The number of nitrogens with one attached hydrogen (secondary N) is 1. The molecule has 2 aromatic rings. The molecule has 6 heteroatoms. The summed E-state index contributed by atoms with van der Waals surface area (Å²) in [7, 11) is 0. The second-order valence-corrected chi connectivity index (χ2v) is 6.72. The highest BCUT2D eigenvalue weighted by Gasteiger charge is 2.17. The molecule has 1 aliphatic heterocycles. The van der Waals surface area contributed by atoms with E-state index in [1.807, 2.05) is 17.8 Å². The maximum absolute atomic E-state index is 13.2. The lowest BCUT2D eigenvalue weighted by atomic mass is 10.2. The molecule has 1 aromatic heterocycles. The summed E-state index contributed by atoms with van der Waals surface area (Å²) in [4.78, 5) is 14.0. The van der Waals surface area contributed by atoms with Gasteiger partial charge in [-0.25, -0.2) is 4.39 Å². The molecule has 3 rings (SSSR count). The zero-order valence-corrected chi connectivity index (χ0v) is 12.1. The fraction of sp³-hybridized carbons (Fsp3) is 0.214. The number of rotatable bonds is 2. The van der Waals surface area contributed by atoms with E-state index in [1.165, 1.54) is 33.9 Å². The van der Waals surface area contributed by atoms with Gasteiger partial charge in [0.1, 0.15) is 0 Å². The summed E-state index contributed by atoms with van der Waals surface area (Å²) in [6.07, 6.45) is 1.01. The molecule has 0 atom stereocenters. The maximum Gasteiger partial charge on any atom is 0.265 e. The van der Waals surface area contributed by atoms with E-state index < -0.39 is 11.6 Å². The van der Waals surface area contributed by atoms with Crippen molar-refractivity contribution in [2.24, 2.45) is 0 Å². The molecule has 0 unspecified atom stereocenters. The van der Waals surface area contributed by atoms with Crippen LogP contribution in [0.2, 0.25) is 0 Å². The largest absolute Gasteiger partial charge is 0.505 e. The fourth-order valence-electron chi connectivity index (χ4n) is 2.04. The first-order chi connectivity index (χ1) is 9.63. The molecule has 0 saturated carbocycles. The summed E-state index contributed by atoms with van der Waals surface area (Å²) in [6, 6.07) is 5.72. The van der Waals surface area contributed by atoms with Crippen LogP contribution in [0, 0.1) is 5.82 Å². The van der Waals surface area contributed by atoms with Crippen molar-refractivity contribution in [1.29, 1.82) is 0 Å². The van der Waals surface area contributed by atoms with Gasteiger partial charge in [-0.1, -0.05) is 0 Å². The highest BCUT2D eigenvalue weighted by molar-refractivity contribution is 7.98. The van der Waals surface area contributed by atoms with Crippen LogP contribution in [0.5, 0.6) is 5.75 Å². The quantitative estimate of drug-likeness (QED) is 0.833. The number of anilines is 1. The number of hydrogen-bond acceptors (Lipinski definition) is 4. The topological polar surface area (TPSA) is 49.3 Å². The predicted molar refractivity (Wildman–Crippen MR) is 80.2 cm³/mol. The molecule has 104 valence electrons. The Hall–Kier alpha value is -1.53. The van der Waals surface area contributed by atoms with Crippen LogP contribution in [-0.4, -0.2) is 16.8 Å². The minimum Gasteiger partial charge on any atom is -0.505 e. The minimum absolute atomic E-state index is 0.237. The molecular formula is C14H12FNO2S2. The van der Waals surface area contributed by atoms with Gasteiger partial charge in [0, 0.05) is 22.4 Å². The summed E-state index contributed by atoms with van der Waals surface area (Å²) in [5, 5.41) is 11.8. The first kappa shape index (κ1) is 13.5. The number of phenols is 1. The average Bonchev–Trinajstić information content (AvgIpc) is 2.87. The van der Waals surface area contributed by atoms with E-state index >= 15 is 0 Å². The van der Waals surface area contributed by atoms with Gasteiger partial charge in [0.05, 0.1) is 4.88 Å². The Kier molecular flexibility index (Phi) is 3.67. The van der Waals surface area contributed by atoms with Crippen molar-refractivity contribution in [1.82, 2.24) is 0 Å². The third-order valence-corrected chi connectivity index (χ3v) is 5.30. The molecule has 0 bridgehead atoms. The van der Waals surface area contributed by atoms with Crippen LogP contribution >= 0.6 is 23.1 Å². The highest BCUT2D eigenvalue weighted by Crippen LogP contribution is 2.32. The number of phenolic OH excluding ortho intramolecular Hbond substituents is 1. The van der Waals surface area contributed by atoms with Crippen LogP contribution in [-0.2, 0) is 12.2 Å². The molecular weight excluding hydrogens is 297 g/mol. The second kappa shape index (κ2) is 5.46. The summed E-state index contributed by atoms with van der Waals surface area (Å²) in [6.45, 7) is 0. The summed E-state index contributed by atoms with van der Waals surface area (Å²) in [5.74, 6) is 0.640. The number of amides is 1. The van der Waals surface area contributed by atoms with Gasteiger partial charge in [0.25, 0.3) is 5.91 Å². The monoisotopic (exact) mass is 309 g/mol. The van der Waals surface area contributed by atoms with Crippen molar-refractivity contribution in [2.45, 2.75) is 12.2 Å². The number of halogens is 1. The number of benzene rings is 1. The Balaban J connectivity index is 1.78. The molecule has 2 N–H and O–H groups in total. The first-order valence-electron chi connectivity index (χ1n) is 6.12. The molecule has 0 saturated heterocycles. The van der Waals surface area contributed by atoms with Gasteiger partial charge in [-0.2, -0.15) is 11.8 Å². The lowest BCUT2D eigenvalue weighted by molar-refractivity contribution is 0.103. The van der Waals surface area contributed by atoms with Crippen LogP contribution in [0.15, 0.2) is 24.3 Å². The second-order valence-electron chi connectivity index (χ2n) is 4.48. The molecule has 1 aromatic carbocycles.